The van der Waals surface area contributed by atoms with E-state index in [2.05, 4.69) is 276 Å². The van der Waals surface area contributed by atoms with Gasteiger partial charge >= 0.3 is 21.7 Å². The van der Waals surface area contributed by atoms with E-state index < -0.39 is 13.1 Å². The second-order valence-corrected chi connectivity index (χ2v) is 26.3. The monoisotopic (exact) mass is 1160 g/mol. The van der Waals surface area contributed by atoms with E-state index in [0.717, 1.165) is 38.5 Å². The molecule has 0 heterocycles. The maximum atomic E-state index is 4.58. The fourth-order valence-electron chi connectivity index (χ4n) is 13.7. The van der Waals surface area contributed by atoms with Gasteiger partial charge in [-0.05, 0) is 196 Å². The predicted octanol–water partition coefficient (Wildman–Crippen LogP) is 7.42. The maximum Gasteiger partial charge on any atom is 4.00 e. The summed E-state index contributed by atoms with van der Waals surface area (Å²) in [4.78, 5) is 0. The summed E-state index contributed by atoms with van der Waals surface area (Å²) >= 11 is 0. The van der Waals surface area contributed by atoms with Crippen molar-refractivity contribution in [1.29, 1.82) is 0 Å². The van der Waals surface area contributed by atoms with E-state index in [1.807, 2.05) is 0 Å². The van der Waals surface area contributed by atoms with E-state index in [0.29, 0.717) is 0 Å². The normalized spacial score (nSPS) is 13.8. The second kappa shape index (κ2) is 27.4. The molecule has 5 heteroatoms. The van der Waals surface area contributed by atoms with Gasteiger partial charge in [-0.2, -0.15) is 11.1 Å². The molecular formula is C75H75Cl3SiTi. The summed E-state index contributed by atoms with van der Waals surface area (Å²) in [6.07, 6.45) is 9.62. The number of benzene rings is 9. The van der Waals surface area contributed by atoms with Crippen LogP contribution in [0.3, 0.4) is 0 Å². The number of hydrogen-bond donors (Lipinski definition) is 0. The van der Waals surface area contributed by atoms with Crippen LogP contribution in [0, 0.1) is 47.6 Å². The number of rotatable bonds is 16. The van der Waals surface area contributed by atoms with Crippen LogP contribution in [0.1, 0.15) is 128 Å². The third-order valence-corrected chi connectivity index (χ3v) is 24.0. The number of hydrogen-bond acceptors (Lipinski definition) is 0. The van der Waals surface area contributed by atoms with Crippen molar-refractivity contribution >= 4 is 23.6 Å². The summed E-state index contributed by atoms with van der Waals surface area (Å²) in [6, 6.07) is 75.6. The molecule has 0 aromatic heterocycles. The van der Waals surface area contributed by atoms with Gasteiger partial charge in [-0.25, -0.2) is 5.57 Å². The maximum absolute atomic E-state index is 4.58. The van der Waals surface area contributed by atoms with E-state index in [9.17, 15) is 0 Å². The Hall–Kier alpha value is -5.74. The number of aryl methyl sites for hydroxylation is 3. The fourth-order valence-corrected chi connectivity index (χ4v) is 21.1. The SMILES string of the molecule is CC1=[C-]C(C)([Si](c2c(Cc3ccccc3)cc(C)c(Cc3ccccc3)c2C)(c2c(Cc3ccccc3)cc(C)c(Cc3ccccc3)c2C)c2c(Cc3ccccc3)cc(C)c(Cc3ccccc3)c2C)C(C)=C1C.[Cl-].[Cl-].[Cl-].[Ti+4]. The molecule has 0 N–H and O–H groups in total. The summed E-state index contributed by atoms with van der Waals surface area (Å²) < 4.78 is 0. The fraction of sp³-hybridized carbons (Fsp3) is 0.227. The zero-order valence-electron chi connectivity index (χ0n) is 48.4. The first-order valence-corrected chi connectivity index (χ1v) is 29.7. The van der Waals surface area contributed by atoms with Crippen molar-refractivity contribution in [2.24, 2.45) is 0 Å². The first-order valence-electron chi connectivity index (χ1n) is 27.7. The Morgan fingerprint density at radius 1 is 0.338 bits per heavy atom. The molecule has 10 rings (SSSR count). The van der Waals surface area contributed by atoms with Crippen LogP contribution in [0.25, 0.3) is 0 Å². The molecule has 9 aromatic carbocycles. The van der Waals surface area contributed by atoms with Gasteiger partial charge in [0.1, 0.15) is 8.07 Å². The van der Waals surface area contributed by atoms with Gasteiger partial charge in [0, 0.05) is 0 Å². The van der Waals surface area contributed by atoms with Crippen LogP contribution in [-0.4, -0.2) is 8.07 Å². The molecule has 0 saturated heterocycles. The minimum atomic E-state index is -3.70. The van der Waals surface area contributed by atoms with E-state index >= 15 is 0 Å². The van der Waals surface area contributed by atoms with Crippen LogP contribution >= 0.6 is 0 Å². The molecule has 0 fully saturated rings. The smallest absolute Gasteiger partial charge is 1.00 e. The first kappa shape index (κ1) is 63.4. The Morgan fingerprint density at radius 2 is 0.562 bits per heavy atom. The van der Waals surface area contributed by atoms with E-state index in [1.165, 1.54) is 117 Å². The quantitative estimate of drug-likeness (QED) is 0.0538. The summed E-state index contributed by atoms with van der Waals surface area (Å²) in [5, 5.41) is 4.14. The van der Waals surface area contributed by atoms with Crippen molar-refractivity contribution in [3.05, 3.63) is 323 Å². The van der Waals surface area contributed by atoms with Gasteiger partial charge in [-0.3, -0.25) is 6.08 Å². The molecule has 1 aliphatic rings. The van der Waals surface area contributed by atoms with Crippen molar-refractivity contribution < 1.29 is 58.9 Å². The van der Waals surface area contributed by atoms with Crippen LogP contribution in [0.5, 0.6) is 0 Å². The van der Waals surface area contributed by atoms with Crippen molar-refractivity contribution in [2.45, 2.75) is 113 Å². The molecule has 404 valence electrons. The standard InChI is InChI=1S/C75H75Si.3ClH.Ti/c1-51-41-66(44-60-29-17-11-18-30-60)72(56(6)69(51)47-63-35-23-14-24-36-63)76(75(10)50-54(4)55(5)59(75)9,73-57(7)70(48-64-37-25-15-26-38-64)52(2)42-67(73)45-61-31-19-12-20-32-61)74-58(8)71(49-65-39-27-16-28-40-65)53(3)43-68(74)46-62-33-21-13-22-34-62;;;;/h11-43H,44-49H2,1-10H3;3*1H;/q-1;;;;+4/p-3. The minimum absolute atomic E-state index is 0. The Balaban J connectivity index is 0.00000258. The van der Waals surface area contributed by atoms with Gasteiger partial charge in [0.2, 0.25) is 0 Å². The topological polar surface area (TPSA) is 0 Å². The Bertz CT molecular complexity index is 3270. The molecule has 0 saturated carbocycles. The van der Waals surface area contributed by atoms with Crippen LogP contribution in [0.2, 0.25) is 5.04 Å². The molecule has 0 amide bonds. The number of allylic oxidation sites excluding steroid dienone is 4. The molecule has 0 bridgehead atoms. The molecule has 0 spiro atoms. The largest absolute Gasteiger partial charge is 4.00 e. The molecule has 1 unspecified atom stereocenters. The minimum Gasteiger partial charge on any atom is -1.00 e. The molecule has 80 heavy (non-hydrogen) atoms. The average molecular weight is 1160 g/mol. The van der Waals surface area contributed by atoms with Crippen LogP contribution in [0.15, 0.2) is 217 Å². The zero-order chi connectivity index (χ0) is 53.1. The first-order chi connectivity index (χ1) is 36.8. The molecule has 0 nitrogen and oxygen atoms in total. The van der Waals surface area contributed by atoms with Crippen LogP contribution < -0.4 is 52.8 Å². The zero-order valence-corrected chi connectivity index (χ0v) is 53.3. The number of halogens is 3. The van der Waals surface area contributed by atoms with Gasteiger partial charge in [0.25, 0.3) is 0 Å². The van der Waals surface area contributed by atoms with E-state index in [4.69, 9.17) is 0 Å². The molecule has 0 aliphatic heterocycles. The van der Waals surface area contributed by atoms with Gasteiger partial charge in [-0.1, -0.05) is 226 Å². The molecule has 9 aromatic rings. The third-order valence-electron chi connectivity index (χ3n) is 17.6. The summed E-state index contributed by atoms with van der Waals surface area (Å²) in [7, 11) is -3.70. The summed E-state index contributed by atoms with van der Waals surface area (Å²) in [5.74, 6) is 0. The third kappa shape index (κ3) is 12.4. The van der Waals surface area contributed by atoms with Crippen LogP contribution in [-0.2, 0) is 60.2 Å². The van der Waals surface area contributed by atoms with Crippen molar-refractivity contribution in [1.82, 2.24) is 0 Å². The van der Waals surface area contributed by atoms with Gasteiger partial charge < -0.3 is 37.2 Å². The molecular weight excluding hydrogens is 1080 g/mol. The van der Waals surface area contributed by atoms with E-state index in [-0.39, 0.29) is 58.9 Å². The van der Waals surface area contributed by atoms with E-state index in [1.54, 1.807) is 15.6 Å². The summed E-state index contributed by atoms with van der Waals surface area (Å²) in [6.45, 7) is 24.7. The molecule has 1 atom stereocenters. The average Bonchev–Trinajstić information content (AvgIpc) is 3.58. The molecule has 1 aliphatic carbocycles. The van der Waals surface area contributed by atoms with Gasteiger partial charge in [-0.15, -0.1) is 6.92 Å². The van der Waals surface area contributed by atoms with Gasteiger partial charge in [0.15, 0.2) is 0 Å². The summed E-state index contributed by atoms with van der Waals surface area (Å²) in [5.41, 5.74) is 29.1. The van der Waals surface area contributed by atoms with Crippen molar-refractivity contribution in [3.8, 4) is 0 Å². The Labute approximate surface area is 514 Å². The van der Waals surface area contributed by atoms with Crippen molar-refractivity contribution in [3.63, 3.8) is 0 Å². The van der Waals surface area contributed by atoms with Crippen molar-refractivity contribution in [2.75, 3.05) is 0 Å². The van der Waals surface area contributed by atoms with Gasteiger partial charge in [0.05, 0.1) is 0 Å². The Kier molecular flexibility index (Phi) is 21.7. The second-order valence-electron chi connectivity index (χ2n) is 22.3. The molecule has 0 radical (unpaired) electrons. The van der Waals surface area contributed by atoms with Crippen LogP contribution in [0.4, 0.5) is 0 Å². The Morgan fingerprint density at radius 3 is 0.775 bits per heavy atom. The predicted molar refractivity (Wildman–Crippen MR) is 327 cm³/mol.